The molecular weight excluding hydrogens is 422 g/mol. The summed E-state index contributed by atoms with van der Waals surface area (Å²) in [4.78, 5) is 20.6. The van der Waals surface area contributed by atoms with Crippen molar-refractivity contribution in [2.75, 3.05) is 5.32 Å². The molecule has 6 nitrogen and oxygen atoms in total. The number of aromatic nitrogens is 3. The van der Waals surface area contributed by atoms with Gasteiger partial charge >= 0.3 is 0 Å². The number of nitriles is 1. The van der Waals surface area contributed by atoms with Gasteiger partial charge in [0.25, 0.3) is 0 Å². The molecule has 5 rings (SSSR count). The van der Waals surface area contributed by atoms with Crippen LogP contribution in [0.4, 0.5) is 5.69 Å². The van der Waals surface area contributed by atoms with Crippen molar-refractivity contribution in [2.24, 2.45) is 0 Å². The number of aryl methyl sites for hydroxylation is 2. The third kappa shape index (κ3) is 4.19. The van der Waals surface area contributed by atoms with Gasteiger partial charge in [0, 0.05) is 28.4 Å². The van der Waals surface area contributed by atoms with E-state index in [0.29, 0.717) is 11.4 Å². The Balaban J connectivity index is 1.49. The number of aromatic amines is 1. The lowest BCUT2D eigenvalue weighted by Crippen LogP contribution is -2.18. The fourth-order valence-electron chi connectivity index (χ4n) is 4.16. The van der Waals surface area contributed by atoms with Crippen molar-refractivity contribution in [3.63, 3.8) is 0 Å². The van der Waals surface area contributed by atoms with Crippen LogP contribution >= 0.6 is 0 Å². The number of allylic oxidation sites excluding steroid dienone is 1. The zero-order valence-electron chi connectivity index (χ0n) is 19.0. The number of carbonyl (C=O) groups is 1. The number of carbonyl (C=O) groups excluding carboxylic acids is 1. The average molecular weight is 446 g/mol. The molecule has 166 valence electrons. The monoisotopic (exact) mass is 445 g/mol. The van der Waals surface area contributed by atoms with Crippen molar-refractivity contribution in [1.82, 2.24) is 14.5 Å². The van der Waals surface area contributed by atoms with Crippen LogP contribution in [0.2, 0.25) is 0 Å². The summed E-state index contributed by atoms with van der Waals surface area (Å²) >= 11 is 0. The van der Waals surface area contributed by atoms with Crippen LogP contribution in [0.1, 0.15) is 22.5 Å². The molecule has 2 heterocycles. The van der Waals surface area contributed by atoms with Crippen LogP contribution in [0.5, 0.6) is 0 Å². The van der Waals surface area contributed by atoms with Gasteiger partial charge < -0.3 is 14.9 Å². The first-order valence-corrected chi connectivity index (χ1v) is 11.0. The number of nitrogens with zero attached hydrogens (tertiary/aromatic N) is 3. The fourth-order valence-corrected chi connectivity index (χ4v) is 4.16. The van der Waals surface area contributed by atoms with Crippen LogP contribution in [-0.2, 0) is 11.3 Å². The number of H-pyrrole nitrogens is 1. The molecule has 0 spiro atoms. The SMILES string of the molecule is Cc1cccc(NC(=O)Cn2cc(/C=C(/C#N)c3nc4ccc(C)cc4[nH]3)c3ccccc32)c1. The maximum Gasteiger partial charge on any atom is 0.244 e. The van der Waals surface area contributed by atoms with Crippen molar-refractivity contribution in [1.29, 1.82) is 5.26 Å². The molecule has 0 aliphatic heterocycles. The Morgan fingerprint density at radius 2 is 1.91 bits per heavy atom. The summed E-state index contributed by atoms with van der Waals surface area (Å²) in [6, 6.07) is 23.8. The van der Waals surface area contributed by atoms with Crippen LogP contribution in [0, 0.1) is 25.2 Å². The minimum atomic E-state index is -0.116. The van der Waals surface area contributed by atoms with E-state index >= 15 is 0 Å². The Kier molecular flexibility index (Phi) is 5.44. The third-order valence-electron chi connectivity index (χ3n) is 5.75. The number of para-hydroxylation sites is 1. The predicted octanol–water partition coefficient (Wildman–Crippen LogP) is 5.84. The normalized spacial score (nSPS) is 11.6. The van der Waals surface area contributed by atoms with E-state index in [1.165, 1.54) is 0 Å². The van der Waals surface area contributed by atoms with Crippen LogP contribution in [0.25, 0.3) is 33.6 Å². The Bertz CT molecular complexity index is 1610. The fraction of sp³-hybridized carbons (Fsp3) is 0.107. The first kappa shape index (κ1) is 21.2. The molecule has 5 aromatic rings. The largest absolute Gasteiger partial charge is 0.337 e. The van der Waals surface area contributed by atoms with Gasteiger partial charge in [-0.25, -0.2) is 4.98 Å². The summed E-state index contributed by atoms with van der Waals surface area (Å²) in [6.07, 6.45) is 3.73. The summed E-state index contributed by atoms with van der Waals surface area (Å²) in [7, 11) is 0. The maximum atomic E-state index is 12.8. The summed E-state index contributed by atoms with van der Waals surface area (Å²) < 4.78 is 1.91. The van der Waals surface area contributed by atoms with Crippen molar-refractivity contribution in [3.8, 4) is 6.07 Å². The number of imidazole rings is 1. The van der Waals surface area contributed by atoms with Crippen molar-refractivity contribution < 1.29 is 4.79 Å². The minimum Gasteiger partial charge on any atom is -0.337 e. The molecule has 0 aliphatic rings. The van der Waals surface area contributed by atoms with Crippen molar-refractivity contribution >= 4 is 45.2 Å². The Labute approximate surface area is 197 Å². The summed E-state index contributed by atoms with van der Waals surface area (Å²) in [5, 5.41) is 13.8. The highest BCUT2D eigenvalue weighted by Gasteiger charge is 2.13. The molecule has 0 saturated carbocycles. The second kappa shape index (κ2) is 8.72. The smallest absolute Gasteiger partial charge is 0.244 e. The van der Waals surface area contributed by atoms with E-state index in [4.69, 9.17) is 0 Å². The molecule has 1 amide bonds. The maximum absolute atomic E-state index is 12.8. The highest BCUT2D eigenvalue weighted by molar-refractivity contribution is 5.99. The second-order valence-corrected chi connectivity index (χ2v) is 8.42. The molecule has 0 unspecified atom stereocenters. The van der Waals surface area contributed by atoms with Crippen LogP contribution in [0.3, 0.4) is 0 Å². The number of amides is 1. The summed E-state index contributed by atoms with van der Waals surface area (Å²) in [5.41, 5.74) is 6.90. The molecule has 0 bridgehead atoms. The van der Waals surface area contributed by atoms with Gasteiger partial charge in [0.2, 0.25) is 5.91 Å². The van der Waals surface area contributed by atoms with Gasteiger partial charge in [0.15, 0.2) is 0 Å². The van der Waals surface area contributed by atoms with E-state index in [0.717, 1.165) is 44.3 Å². The summed E-state index contributed by atoms with van der Waals surface area (Å²) in [6.45, 7) is 4.17. The Morgan fingerprint density at radius 3 is 2.74 bits per heavy atom. The lowest BCUT2D eigenvalue weighted by atomic mass is 10.1. The van der Waals surface area contributed by atoms with Crippen LogP contribution in [0.15, 0.2) is 72.9 Å². The van der Waals surface area contributed by atoms with Crippen molar-refractivity contribution in [3.05, 3.63) is 95.4 Å². The quantitative estimate of drug-likeness (QED) is 0.333. The number of benzene rings is 3. The lowest BCUT2D eigenvalue weighted by Gasteiger charge is -2.08. The number of rotatable bonds is 5. The van der Waals surface area contributed by atoms with Gasteiger partial charge in [0.05, 0.1) is 16.6 Å². The lowest BCUT2D eigenvalue weighted by molar-refractivity contribution is -0.116. The topological polar surface area (TPSA) is 86.5 Å². The van der Waals surface area contributed by atoms with Gasteiger partial charge in [-0.05, 0) is 61.4 Å². The number of nitrogens with one attached hydrogen (secondary N) is 2. The number of hydrogen-bond donors (Lipinski definition) is 2. The molecule has 0 saturated heterocycles. The second-order valence-electron chi connectivity index (χ2n) is 8.42. The molecule has 0 fully saturated rings. The molecule has 2 N–H and O–H groups in total. The predicted molar refractivity (Wildman–Crippen MR) is 136 cm³/mol. The standard InChI is InChI=1S/C28H23N5O/c1-18-6-5-7-22(12-18)30-27(34)17-33-16-21(23-8-3-4-9-26(23)33)14-20(15-29)28-31-24-11-10-19(2)13-25(24)32-28/h3-14,16H,17H2,1-2H3,(H,30,34)(H,31,32)/b20-14-. The average Bonchev–Trinajstić information content (AvgIpc) is 3.38. The van der Waals surface area contributed by atoms with Gasteiger partial charge in [-0.2, -0.15) is 5.26 Å². The molecule has 2 aromatic heterocycles. The molecule has 0 radical (unpaired) electrons. The zero-order chi connectivity index (χ0) is 23.7. The highest BCUT2D eigenvalue weighted by atomic mass is 16.1. The number of anilines is 1. The molecule has 3 aromatic carbocycles. The molecule has 6 heteroatoms. The van der Waals surface area contributed by atoms with E-state index in [2.05, 4.69) is 21.4 Å². The molecule has 34 heavy (non-hydrogen) atoms. The Morgan fingerprint density at radius 1 is 1.09 bits per heavy atom. The third-order valence-corrected chi connectivity index (χ3v) is 5.75. The van der Waals surface area contributed by atoms with E-state index in [-0.39, 0.29) is 12.5 Å². The molecule has 0 aliphatic carbocycles. The highest BCUT2D eigenvalue weighted by Crippen LogP contribution is 2.26. The van der Waals surface area contributed by atoms with Gasteiger partial charge in [0.1, 0.15) is 18.4 Å². The molecular formula is C28H23N5O. The van der Waals surface area contributed by atoms with Gasteiger partial charge in [-0.15, -0.1) is 0 Å². The number of hydrogen-bond acceptors (Lipinski definition) is 3. The first-order chi connectivity index (χ1) is 16.5. The van der Waals surface area contributed by atoms with Gasteiger partial charge in [-0.1, -0.05) is 36.4 Å². The minimum absolute atomic E-state index is 0.116. The van der Waals surface area contributed by atoms with E-state index in [1.807, 2.05) is 97.4 Å². The van der Waals surface area contributed by atoms with Crippen LogP contribution in [-0.4, -0.2) is 20.4 Å². The van der Waals surface area contributed by atoms with E-state index in [9.17, 15) is 10.1 Å². The zero-order valence-corrected chi connectivity index (χ0v) is 19.0. The summed E-state index contributed by atoms with van der Waals surface area (Å²) in [5.74, 6) is 0.409. The van der Waals surface area contributed by atoms with Gasteiger partial charge in [-0.3, -0.25) is 4.79 Å². The number of fused-ring (bicyclic) bond motifs is 2. The van der Waals surface area contributed by atoms with Crippen molar-refractivity contribution in [2.45, 2.75) is 20.4 Å². The van der Waals surface area contributed by atoms with Crippen LogP contribution < -0.4 is 5.32 Å². The Hall–Kier alpha value is -4.63. The van der Waals surface area contributed by atoms with E-state index < -0.39 is 0 Å². The molecule has 0 atom stereocenters. The van der Waals surface area contributed by atoms with E-state index in [1.54, 1.807) is 0 Å². The first-order valence-electron chi connectivity index (χ1n) is 11.0.